The second-order valence-corrected chi connectivity index (χ2v) is 6.14. The third kappa shape index (κ3) is 2.86. The van der Waals surface area contributed by atoms with Crippen LogP contribution in [0.3, 0.4) is 0 Å². The van der Waals surface area contributed by atoms with E-state index in [-0.39, 0.29) is 11.2 Å². The third-order valence-corrected chi connectivity index (χ3v) is 4.63. The van der Waals surface area contributed by atoms with Crippen molar-refractivity contribution >= 4 is 43.2 Å². The van der Waals surface area contributed by atoms with E-state index < -0.39 is 12.7 Å². The Balaban J connectivity index is 2.22. The van der Waals surface area contributed by atoms with Gasteiger partial charge in [0, 0.05) is 17.6 Å². The van der Waals surface area contributed by atoms with Crippen molar-refractivity contribution in [1.29, 1.82) is 0 Å². The summed E-state index contributed by atoms with van der Waals surface area (Å²) in [6.07, 6.45) is 0.222. The molecule has 3 aromatic rings. The first kappa shape index (κ1) is 16.4. The van der Waals surface area contributed by atoms with Crippen LogP contribution in [-0.2, 0) is 0 Å². The summed E-state index contributed by atoms with van der Waals surface area (Å²) in [5.41, 5.74) is 1.07. The van der Waals surface area contributed by atoms with Gasteiger partial charge >= 0.3 is 6.18 Å². The maximum absolute atomic E-state index is 12.6. The van der Waals surface area contributed by atoms with E-state index in [1.165, 1.54) is 23.2 Å². The molecule has 0 spiro atoms. The summed E-state index contributed by atoms with van der Waals surface area (Å²) in [6, 6.07) is 1.45. The number of anilines is 1. The first-order valence-electron chi connectivity index (χ1n) is 7.04. The van der Waals surface area contributed by atoms with E-state index in [0.29, 0.717) is 20.4 Å². The van der Waals surface area contributed by atoms with Gasteiger partial charge in [0.25, 0.3) is 5.56 Å². The van der Waals surface area contributed by atoms with Crippen molar-refractivity contribution in [3.8, 4) is 0 Å². The first-order chi connectivity index (χ1) is 11.3. The summed E-state index contributed by atoms with van der Waals surface area (Å²) in [6.45, 7) is 2.41. The van der Waals surface area contributed by atoms with Gasteiger partial charge in [0.15, 0.2) is 0 Å². The molecule has 0 bridgehead atoms. The van der Waals surface area contributed by atoms with Crippen molar-refractivity contribution in [2.45, 2.75) is 20.0 Å². The standard InChI is InChI=1S/C15H13F3N4OS/c1-3-8(2)22-7-21-11-10-9(20-6-15(16,17)18)4-5-19-13(10)24-12(11)14(22)23/h3-5,7H,6H2,1-2H3,(H,19,20)/b8-3+. The monoisotopic (exact) mass is 354 g/mol. The molecule has 0 radical (unpaired) electrons. The second kappa shape index (κ2) is 5.90. The molecule has 0 aliphatic carbocycles. The van der Waals surface area contributed by atoms with E-state index in [1.807, 2.05) is 0 Å². The van der Waals surface area contributed by atoms with E-state index in [2.05, 4.69) is 15.3 Å². The summed E-state index contributed by atoms with van der Waals surface area (Å²) in [5, 5.41) is 2.79. The van der Waals surface area contributed by atoms with Gasteiger partial charge in [0.1, 0.15) is 22.4 Å². The minimum Gasteiger partial charge on any atom is -0.376 e. The summed E-state index contributed by atoms with van der Waals surface area (Å²) in [4.78, 5) is 21.5. The maximum Gasteiger partial charge on any atom is 0.405 e. The SMILES string of the molecule is C/C=C(\C)n1cnc2c(sc3nccc(NCC(F)(F)F)c32)c1=O. The predicted octanol–water partition coefficient (Wildman–Crippen LogP) is 3.86. The number of halogens is 3. The van der Waals surface area contributed by atoms with Crippen molar-refractivity contribution in [1.82, 2.24) is 14.5 Å². The van der Waals surface area contributed by atoms with Crippen LogP contribution in [0.1, 0.15) is 13.8 Å². The minimum absolute atomic E-state index is 0.260. The lowest BCUT2D eigenvalue weighted by Gasteiger charge is -2.10. The highest BCUT2D eigenvalue weighted by atomic mass is 32.1. The number of aromatic nitrogens is 3. The molecule has 0 aliphatic rings. The highest BCUT2D eigenvalue weighted by Crippen LogP contribution is 2.34. The Morgan fingerprint density at radius 2 is 2.17 bits per heavy atom. The Bertz CT molecular complexity index is 1000. The number of alkyl halides is 3. The van der Waals surface area contributed by atoms with Crippen molar-refractivity contribution in [3.63, 3.8) is 0 Å². The number of pyridine rings is 1. The van der Waals surface area contributed by atoms with E-state index in [0.717, 1.165) is 17.0 Å². The van der Waals surface area contributed by atoms with Crippen LogP contribution in [-0.4, -0.2) is 27.3 Å². The van der Waals surface area contributed by atoms with Crippen LogP contribution in [0.25, 0.3) is 26.1 Å². The Hall–Kier alpha value is -2.42. The molecular weight excluding hydrogens is 341 g/mol. The van der Waals surface area contributed by atoms with Gasteiger partial charge in [-0.25, -0.2) is 9.97 Å². The van der Waals surface area contributed by atoms with Crippen LogP contribution >= 0.6 is 11.3 Å². The molecule has 0 atom stereocenters. The Kier molecular flexibility index (Phi) is 4.04. The van der Waals surface area contributed by atoms with Gasteiger partial charge < -0.3 is 5.32 Å². The number of thiophene rings is 1. The quantitative estimate of drug-likeness (QED) is 0.776. The summed E-state index contributed by atoms with van der Waals surface area (Å²) in [5.74, 6) is 0. The zero-order valence-electron chi connectivity index (χ0n) is 12.8. The fraction of sp³-hybridized carbons (Fsp3) is 0.267. The minimum atomic E-state index is -4.34. The number of fused-ring (bicyclic) bond motifs is 3. The van der Waals surface area contributed by atoms with Crippen LogP contribution in [0.2, 0.25) is 0 Å². The summed E-state index contributed by atoms with van der Waals surface area (Å²) >= 11 is 1.12. The highest BCUT2D eigenvalue weighted by Gasteiger charge is 2.27. The van der Waals surface area contributed by atoms with Crippen molar-refractivity contribution < 1.29 is 13.2 Å². The summed E-state index contributed by atoms with van der Waals surface area (Å²) in [7, 11) is 0. The van der Waals surface area contributed by atoms with Crippen LogP contribution in [0.4, 0.5) is 18.9 Å². The molecule has 9 heteroatoms. The molecule has 0 aliphatic heterocycles. The van der Waals surface area contributed by atoms with E-state index in [9.17, 15) is 18.0 Å². The molecule has 3 aromatic heterocycles. The van der Waals surface area contributed by atoms with Gasteiger partial charge in [-0.05, 0) is 19.9 Å². The van der Waals surface area contributed by atoms with E-state index >= 15 is 0 Å². The smallest absolute Gasteiger partial charge is 0.376 e. The molecule has 3 rings (SSSR count). The van der Waals surface area contributed by atoms with E-state index in [1.54, 1.807) is 19.9 Å². The lowest BCUT2D eigenvalue weighted by atomic mass is 10.2. The average Bonchev–Trinajstić information content (AvgIpc) is 2.92. The topological polar surface area (TPSA) is 59.8 Å². The fourth-order valence-electron chi connectivity index (χ4n) is 2.29. The molecule has 3 heterocycles. The Morgan fingerprint density at radius 1 is 1.42 bits per heavy atom. The van der Waals surface area contributed by atoms with Crippen molar-refractivity contribution in [3.05, 3.63) is 35.0 Å². The molecule has 0 saturated heterocycles. The highest BCUT2D eigenvalue weighted by molar-refractivity contribution is 7.25. The number of hydrogen-bond acceptors (Lipinski definition) is 5. The fourth-order valence-corrected chi connectivity index (χ4v) is 3.34. The van der Waals surface area contributed by atoms with Gasteiger partial charge in [0.2, 0.25) is 0 Å². The molecule has 0 saturated carbocycles. The van der Waals surface area contributed by atoms with Crippen LogP contribution in [0.5, 0.6) is 0 Å². The zero-order chi connectivity index (χ0) is 17.5. The van der Waals surface area contributed by atoms with Crippen molar-refractivity contribution in [2.24, 2.45) is 0 Å². The molecule has 5 nitrogen and oxygen atoms in total. The largest absolute Gasteiger partial charge is 0.405 e. The Morgan fingerprint density at radius 3 is 2.83 bits per heavy atom. The average molecular weight is 354 g/mol. The molecule has 0 unspecified atom stereocenters. The van der Waals surface area contributed by atoms with Gasteiger partial charge in [0.05, 0.1) is 10.9 Å². The van der Waals surface area contributed by atoms with Crippen LogP contribution in [0, 0.1) is 0 Å². The zero-order valence-corrected chi connectivity index (χ0v) is 13.6. The number of nitrogens with one attached hydrogen (secondary N) is 1. The maximum atomic E-state index is 12.6. The lowest BCUT2D eigenvalue weighted by molar-refractivity contribution is -0.115. The first-order valence-corrected chi connectivity index (χ1v) is 7.86. The number of allylic oxidation sites excluding steroid dienone is 2. The molecular formula is C15H13F3N4OS. The summed E-state index contributed by atoms with van der Waals surface area (Å²) < 4.78 is 39.2. The van der Waals surface area contributed by atoms with Gasteiger partial charge in [-0.2, -0.15) is 13.2 Å². The molecule has 0 aromatic carbocycles. The lowest BCUT2D eigenvalue weighted by Crippen LogP contribution is -2.21. The van der Waals surface area contributed by atoms with Crippen molar-refractivity contribution in [2.75, 3.05) is 11.9 Å². The normalized spacial score (nSPS) is 13.0. The van der Waals surface area contributed by atoms with Gasteiger partial charge in [-0.1, -0.05) is 6.08 Å². The van der Waals surface area contributed by atoms with Crippen LogP contribution in [0.15, 0.2) is 29.5 Å². The third-order valence-electron chi connectivity index (χ3n) is 3.56. The molecule has 126 valence electrons. The van der Waals surface area contributed by atoms with E-state index in [4.69, 9.17) is 0 Å². The van der Waals surface area contributed by atoms with Gasteiger partial charge in [-0.15, -0.1) is 11.3 Å². The molecule has 0 fully saturated rings. The Labute approximate surface area is 138 Å². The molecule has 0 amide bonds. The molecule has 24 heavy (non-hydrogen) atoms. The molecule has 1 N–H and O–H groups in total. The number of rotatable bonds is 3. The predicted molar refractivity (Wildman–Crippen MR) is 89.3 cm³/mol. The number of hydrogen-bond donors (Lipinski definition) is 1. The van der Waals surface area contributed by atoms with Crippen LogP contribution < -0.4 is 10.9 Å². The second-order valence-electron chi connectivity index (χ2n) is 5.14. The number of nitrogens with zero attached hydrogens (tertiary/aromatic N) is 3. The van der Waals surface area contributed by atoms with Gasteiger partial charge in [-0.3, -0.25) is 9.36 Å².